The van der Waals surface area contributed by atoms with E-state index < -0.39 is 11.0 Å². The van der Waals surface area contributed by atoms with E-state index in [9.17, 15) is 4.79 Å². The second kappa shape index (κ2) is 8.75. The molecule has 0 aliphatic heterocycles. The van der Waals surface area contributed by atoms with Crippen molar-refractivity contribution >= 4 is 5.91 Å². The quantitative estimate of drug-likeness (QED) is 0.471. The van der Waals surface area contributed by atoms with Gasteiger partial charge in [-0.1, -0.05) is 112 Å². The lowest BCUT2D eigenvalue weighted by molar-refractivity contribution is -0.128. The Morgan fingerprint density at radius 1 is 0.781 bits per heavy atom. The molecule has 162 valence electrons. The third-order valence-electron chi connectivity index (χ3n) is 5.51. The first-order valence-electron chi connectivity index (χ1n) is 10.7. The topological polar surface area (TPSA) is 72.7 Å². The van der Waals surface area contributed by atoms with Crippen LogP contribution in [0.3, 0.4) is 0 Å². The molecule has 1 amide bonds. The second-order valence-electron chi connectivity index (χ2n) is 8.75. The zero-order chi connectivity index (χ0) is 22.6. The highest BCUT2D eigenvalue weighted by molar-refractivity contribution is 5.81. The third-order valence-corrected chi connectivity index (χ3v) is 5.51. The normalized spacial score (nSPS) is 11.8. The number of benzene rings is 3. The minimum Gasteiger partial charge on any atom is -0.348 e. The Hall–Kier alpha value is -3.80. The van der Waals surface area contributed by atoms with Crippen LogP contribution in [0.15, 0.2) is 91.0 Å². The van der Waals surface area contributed by atoms with Crippen molar-refractivity contribution in [2.75, 3.05) is 0 Å². The molecule has 0 unspecified atom stereocenters. The first kappa shape index (κ1) is 21.4. The van der Waals surface area contributed by atoms with Gasteiger partial charge >= 0.3 is 0 Å². The molecule has 0 saturated carbocycles. The molecule has 4 rings (SSSR count). The van der Waals surface area contributed by atoms with Crippen molar-refractivity contribution in [3.8, 4) is 0 Å². The van der Waals surface area contributed by atoms with E-state index in [0.717, 1.165) is 16.7 Å². The molecule has 0 spiro atoms. The second-order valence-corrected chi connectivity index (χ2v) is 8.75. The minimum atomic E-state index is -0.810. The summed E-state index contributed by atoms with van der Waals surface area (Å²) in [5.41, 5.74) is 1.75. The summed E-state index contributed by atoms with van der Waals surface area (Å²) < 4.78 is 1.83. The predicted molar refractivity (Wildman–Crippen MR) is 124 cm³/mol. The Labute approximate surface area is 188 Å². The van der Waals surface area contributed by atoms with Crippen LogP contribution in [0.1, 0.15) is 43.3 Å². The Balaban J connectivity index is 1.95. The smallest absolute Gasteiger partial charge is 0.225 e. The molecule has 1 N–H and O–H groups in total. The van der Waals surface area contributed by atoms with Crippen LogP contribution in [0.25, 0.3) is 0 Å². The van der Waals surface area contributed by atoms with Crippen molar-refractivity contribution in [1.29, 1.82) is 0 Å². The summed E-state index contributed by atoms with van der Waals surface area (Å²) in [5.74, 6) is 0.510. The number of rotatable bonds is 6. The molecule has 0 fully saturated rings. The van der Waals surface area contributed by atoms with E-state index in [1.165, 1.54) is 0 Å². The van der Waals surface area contributed by atoms with Crippen LogP contribution in [0.4, 0.5) is 0 Å². The number of carbonyl (C=O) groups excluding carboxylic acids is 1. The minimum absolute atomic E-state index is 0.0585. The van der Waals surface area contributed by atoms with Gasteiger partial charge in [0.2, 0.25) is 5.91 Å². The van der Waals surface area contributed by atoms with Gasteiger partial charge in [-0.2, -0.15) is 0 Å². The summed E-state index contributed by atoms with van der Waals surface area (Å²) in [7, 11) is 0. The van der Waals surface area contributed by atoms with Crippen molar-refractivity contribution in [3.05, 3.63) is 114 Å². The molecule has 3 aromatic carbocycles. The largest absolute Gasteiger partial charge is 0.348 e. The zero-order valence-electron chi connectivity index (χ0n) is 18.6. The molecule has 0 bridgehead atoms. The number of amides is 1. The lowest BCUT2D eigenvalue weighted by Gasteiger charge is -2.36. The molecule has 6 nitrogen and oxygen atoms in total. The molecule has 0 radical (unpaired) electrons. The fourth-order valence-corrected chi connectivity index (χ4v) is 3.91. The molecule has 32 heavy (non-hydrogen) atoms. The summed E-state index contributed by atoms with van der Waals surface area (Å²) >= 11 is 0. The van der Waals surface area contributed by atoms with E-state index >= 15 is 0 Å². The van der Waals surface area contributed by atoms with Gasteiger partial charge in [-0.25, -0.2) is 4.68 Å². The lowest BCUT2D eigenvalue weighted by Crippen LogP contribution is -2.41. The van der Waals surface area contributed by atoms with Crippen molar-refractivity contribution in [1.82, 2.24) is 25.5 Å². The van der Waals surface area contributed by atoms with Crippen molar-refractivity contribution in [3.63, 3.8) is 0 Å². The third kappa shape index (κ3) is 3.91. The maximum Gasteiger partial charge on any atom is 0.225 e. The average Bonchev–Trinajstić information content (AvgIpc) is 3.28. The Bertz CT molecular complexity index is 1070. The highest BCUT2D eigenvalue weighted by Crippen LogP contribution is 2.40. The molecule has 1 aromatic heterocycles. The van der Waals surface area contributed by atoms with Crippen molar-refractivity contribution < 1.29 is 4.79 Å². The van der Waals surface area contributed by atoms with Crippen molar-refractivity contribution in [2.24, 2.45) is 5.41 Å². The monoisotopic (exact) mass is 425 g/mol. The van der Waals surface area contributed by atoms with E-state index in [1.807, 2.05) is 80.1 Å². The summed E-state index contributed by atoms with van der Waals surface area (Å²) in [4.78, 5) is 12.5. The molecule has 0 atom stereocenters. The molecule has 4 aromatic rings. The standard InChI is InChI=1S/C26H27N5O/c1-25(2,3)24(32)27-19-23-28-29-30-31(23)26(20-13-7-4-8-14-20,21-15-9-5-10-16-21)22-17-11-6-12-18-22/h4-18H,19H2,1-3H3,(H,27,32). The van der Waals surface area contributed by atoms with E-state index in [2.05, 4.69) is 57.2 Å². The number of tetrazole rings is 1. The van der Waals surface area contributed by atoms with Gasteiger partial charge in [-0.05, 0) is 27.1 Å². The first-order valence-corrected chi connectivity index (χ1v) is 10.7. The molecule has 6 heteroatoms. The first-order chi connectivity index (χ1) is 15.4. The molecular weight excluding hydrogens is 398 g/mol. The number of carbonyl (C=O) groups is 1. The van der Waals surface area contributed by atoms with Crippen LogP contribution >= 0.6 is 0 Å². The summed E-state index contributed by atoms with van der Waals surface area (Å²) in [6, 6.07) is 30.6. The van der Waals surface area contributed by atoms with E-state index in [0.29, 0.717) is 5.82 Å². The fraction of sp³-hybridized carbons (Fsp3) is 0.231. The van der Waals surface area contributed by atoms with E-state index in [-0.39, 0.29) is 12.5 Å². The highest BCUT2D eigenvalue weighted by atomic mass is 16.2. The Morgan fingerprint density at radius 2 is 1.22 bits per heavy atom. The van der Waals surface area contributed by atoms with Crippen LogP contribution in [-0.2, 0) is 16.9 Å². The summed E-state index contributed by atoms with van der Waals surface area (Å²) in [6.45, 7) is 5.87. The van der Waals surface area contributed by atoms with Crippen LogP contribution in [0, 0.1) is 5.41 Å². The van der Waals surface area contributed by atoms with Gasteiger partial charge in [0.1, 0.15) is 5.54 Å². The maximum atomic E-state index is 12.5. The molecule has 0 aliphatic rings. The van der Waals surface area contributed by atoms with E-state index in [1.54, 1.807) is 0 Å². The average molecular weight is 426 g/mol. The SMILES string of the molecule is CC(C)(C)C(=O)NCc1nnnn1C(c1ccccc1)(c1ccccc1)c1ccccc1. The summed E-state index contributed by atoms with van der Waals surface area (Å²) in [5, 5.41) is 15.8. The van der Waals surface area contributed by atoms with Crippen molar-refractivity contribution in [2.45, 2.75) is 32.9 Å². The fourth-order valence-electron chi connectivity index (χ4n) is 3.91. The Morgan fingerprint density at radius 3 is 1.62 bits per heavy atom. The number of aromatic nitrogens is 4. The van der Waals surface area contributed by atoms with Crippen LogP contribution in [0.5, 0.6) is 0 Å². The van der Waals surface area contributed by atoms with Gasteiger partial charge < -0.3 is 5.32 Å². The van der Waals surface area contributed by atoms with Crippen LogP contribution in [0.2, 0.25) is 0 Å². The Kier molecular flexibility index (Phi) is 5.86. The van der Waals surface area contributed by atoms with Gasteiger partial charge in [0.05, 0.1) is 6.54 Å². The number of hydrogen-bond acceptors (Lipinski definition) is 4. The lowest BCUT2D eigenvalue weighted by atomic mass is 9.77. The number of nitrogens with zero attached hydrogens (tertiary/aromatic N) is 4. The number of nitrogens with one attached hydrogen (secondary N) is 1. The molecule has 0 aliphatic carbocycles. The van der Waals surface area contributed by atoms with Crippen LogP contribution < -0.4 is 5.32 Å². The highest BCUT2D eigenvalue weighted by Gasteiger charge is 2.41. The summed E-state index contributed by atoms with van der Waals surface area (Å²) in [6.07, 6.45) is 0. The van der Waals surface area contributed by atoms with Gasteiger partial charge in [-0.15, -0.1) is 5.10 Å². The van der Waals surface area contributed by atoms with Gasteiger partial charge in [0.25, 0.3) is 0 Å². The van der Waals surface area contributed by atoms with Crippen LogP contribution in [-0.4, -0.2) is 26.1 Å². The van der Waals surface area contributed by atoms with Gasteiger partial charge in [0.15, 0.2) is 5.82 Å². The predicted octanol–water partition coefficient (Wildman–Crippen LogP) is 4.18. The molecule has 0 saturated heterocycles. The molecule has 1 heterocycles. The number of hydrogen-bond donors (Lipinski definition) is 1. The zero-order valence-corrected chi connectivity index (χ0v) is 18.6. The molecular formula is C26H27N5O. The maximum absolute atomic E-state index is 12.5. The van der Waals surface area contributed by atoms with Gasteiger partial charge in [-0.3, -0.25) is 4.79 Å². The van der Waals surface area contributed by atoms with Gasteiger partial charge in [0, 0.05) is 5.41 Å². The van der Waals surface area contributed by atoms with E-state index in [4.69, 9.17) is 0 Å².